The van der Waals surface area contributed by atoms with Crippen molar-refractivity contribution in [2.24, 2.45) is 7.05 Å². The first-order chi connectivity index (χ1) is 4.61. The van der Waals surface area contributed by atoms with Gasteiger partial charge in [0, 0.05) is 16.8 Å². The molecule has 0 aliphatic rings. The summed E-state index contributed by atoms with van der Waals surface area (Å²) in [4.78, 5) is 0. The molecular weight excluding hydrogens is 124 g/mol. The predicted octanol–water partition coefficient (Wildman–Crippen LogP) is 0.710. The first kappa shape index (κ1) is 7.06. The summed E-state index contributed by atoms with van der Waals surface area (Å²) in [6, 6.07) is 0. The molecule has 0 bridgehead atoms. The minimum atomic E-state index is 0.901. The fourth-order valence-electron chi connectivity index (χ4n) is 1.10. The van der Waals surface area contributed by atoms with E-state index < -0.39 is 0 Å². The van der Waals surface area contributed by atoms with Gasteiger partial charge in [0.2, 0.25) is 0 Å². The summed E-state index contributed by atoms with van der Waals surface area (Å²) >= 11 is 0. The highest BCUT2D eigenvalue weighted by Gasteiger charge is 2.02. The molecule has 0 fully saturated rings. The topological polar surface area (TPSA) is 29.9 Å². The van der Waals surface area contributed by atoms with E-state index >= 15 is 0 Å². The summed E-state index contributed by atoms with van der Waals surface area (Å²) in [5.74, 6) is 0. The van der Waals surface area contributed by atoms with Crippen LogP contribution in [0.3, 0.4) is 0 Å². The van der Waals surface area contributed by atoms with Crippen LogP contribution in [-0.2, 0) is 7.05 Å². The van der Waals surface area contributed by atoms with Gasteiger partial charge in [-0.1, -0.05) is 0 Å². The Hall–Kier alpha value is -1.05. The van der Waals surface area contributed by atoms with E-state index in [9.17, 15) is 0 Å². The largest absolute Gasteiger partial charge is 0.398 e. The highest BCUT2D eigenvalue weighted by molar-refractivity contribution is 5.48. The molecule has 1 rings (SSSR count). The van der Waals surface area contributed by atoms with Gasteiger partial charge in [0.05, 0.1) is 0 Å². The van der Waals surface area contributed by atoms with E-state index in [2.05, 4.69) is 0 Å². The molecule has 0 saturated heterocycles. The molecule has 1 heterocycles. The summed E-state index contributed by atoms with van der Waals surface area (Å²) in [5.41, 5.74) is 8.92. The Morgan fingerprint density at radius 3 is 2.00 bits per heavy atom. The lowest BCUT2D eigenvalue weighted by Crippen LogP contribution is -2.28. The average molecular weight is 137 g/mol. The van der Waals surface area contributed by atoms with Gasteiger partial charge in [-0.2, -0.15) is 0 Å². The van der Waals surface area contributed by atoms with Crippen LogP contribution in [0.1, 0.15) is 11.1 Å². The van der Waals surface area contributed by atoms with Crippen molar-refractivity contribution in [2.75, 3.05) is 5.73 Å². The molecule has 10 heavy (non-hydrogen) atoms. The smallest absolute Gasteiger partial charge is 0.173 e. The maximum Gasteiger partial charge on any atom is 0.173 e. The van der Waals surface area contributed by atoms with E-state index in [0.29, 0.717) is 0 Å². The Morgan fingerprint density at radius 1 is 1.20 bits per heavy atom. The minimum Gasteiger partial charge on any atom is -0.398 e. The average Bonchev–Trinajstić information content (AvgIpc) is 1.82. The number of aryl methyl sites for hydroxylation is 3. The van der Waals surface area contributed by atoms with Crippen molar-refractivity contribution in [2.45, 2.75) is 13.8 Å². The minimum absolute atomic E-state index is 0.901. The van der Waals surface area contributed by atoms with Gasteiger partial charge < -0.3 is 5.73 Å². The van der Waals surface area contributed by atoms with E-state index in [1.54, 1.807) is 0 Å². The molecule has 0 unspecified atom stereocenters. The number of nitrogens with two attached hydrogens (primary N) is 1. The lowest BCUT2D eigenvalue weighted by molar-refractivity contribution is -0.672. The lowest BCUT2D eigenvalue weighted by atomic mass is 10.2. The zero-order valence-corrected chi connectivity index (χ0v) is 6.68. The molecule has 54 valence electrons. The van der Waals surface area contributed by atoms with Crippen LogP contribution in [0.4, 0.5) is 5.69 Å². The Morgan fingerprint density at radius 2 is 1.60 bits per heavy atom. The Bertz CT molecular complexity index is 230. The third kappa shape index (κ3) is 1.10. The molecule has 0 amide bonds. The van der Waals surface area contributed by atoms with Crippen molar-refractivity contribution in [3.05, 3.63) is 23.5 Å². The summed E-state index contributed by atoms with van der Waals surface area (Å²) in [6.07, 6.45) is 4.03. The summed E-state index contributed by atoms with van der Waals surface area (Å²) in [7, 11) is 2.00. The van der Waals surface area contributed by atoms with Gasteiger partial charge in [-0.15, -0.1) is 0 Å². The Balaban J connectivity index is 3.31. The number of hydrogen-bond donors (Lipinski definition) is 1. The van der Waals surface area contributed by atoms with Crippen LogP contribution >= 0.6 is 0 Å². The maximum absolute atomic E-state index is 5.74. The highest BCUT2D eigenvalue weighted by Crippen LogP contribution is 2.10. The molecule has 0 aliphatic heterocycles. The number of aromatic nitrogens is 1. The van der Waals surface area contributed by atoms with Gasteiger partial charge in [0.25, 0.3) is 0 Å². The number of anilines is 1. The zero-order chi connectivity index (χ0) is 7.72. The monoisotopic (exact) mass is 137 g/mol. The normalized spacial score (nSPS) is 9.90. The van der Waals surface area contributed by atoms with Crippen LogP contribution in [0.15, 0.2) is 12.4 Å². The molecule has 0 spiro atoms. The van der Waals surface area contributed by atoms with Crippen LogP contribution in [0.5, 0.6) is 0 Å². The number of nitrogen functional groups attached to an aromatic ring is 1. The number of nitrogens with zero attached hydrogens (tertiary/aromatic N) is 1. The van der Waals surface area contributed by atoms with E-state index in [1.807, 2.05) is 37.9 Å². The van der Waals surface area contributed by atoms with Gasteiger partial charge >= 0.3 is 0 Å². The van der Waals surface area contributed by atoms with Gasteiger partial charge in [-0.25, -0.2) is 4.57 Å². The second-order valence-corrected chi connectivity index (χ2v) is 2.70. The van der Waals surface area contributed by atoms with Gasteiger partial charge in [-0.3, -0.25) is 0 Å². The van der Waals surface area contributed by atoms with Crippen molar-refractivity contribution in [3.8, 4) is 0 Å². The van der Waals surface area contributed by atoms with Crippen LogP contribution in [0.2, 0.25) is 0 Å². The van der Waals surface area contributed by atoms with Crippen LogP contribution < -0.4 is 10.3 Å². The molecule has 2 nitrogen and oxygen atoms in total. The van der Waals surface area contributed by atoms with Gasteiger partial charge in [0.1, 0.15) is 7.05 Å². The third-order valence-electron chi connectivity index (χ3n) is 1.64. The predicted molar refractivity (Wildman–Crippen MR) is 41.5 cm³/mol. The fourth-order valence-corrected chi connectivity index (χ4v) is 1.10. The van der Waals surface area contributed by atoms with Crippen molar-refractivity contribution in [3.63, 3.8) is 0 Å². The summed E-state index contributed by atoms with van der Waals surface area (Å²) in [6.45, 7) is 4.03. The quantitative estimate of drug-likeness (QED) is 0.524. The van der Waals surface area contributed by atoms with E-state index in [4.69, 9.17) is 5.73 Å². The van der Waals surface area contributed by atoms with Gasteiger partial charge in [-0.05, 0) is 13.8 Å². The molecule has 1 aromatic heterocycles. The molecule has 2 N–H and O–H groups in total. The number of rotatable bonds is 0. The van der Waals surface area contributed by atoms with Crippen LogP contribution in [0.25, 0.3) is 0 Å². The van der Waals surface area contributed by atoms with Crippen LogP contribution in [0, 0.1) is 13.8 Å². The first-order valence-electron chi connectivity index (χ1n) is 3.33. The standard InChI is InChI=1S/C8H12N2/c1-6-4-10(3)5-7(2)8(6)9/h4-5,9H,1-3H3/p+1. The first-order valence-corrected chi connectivity index (χ1v) is 3.33. The molecule has 0 atom stereocenters. The Labute approximate surface area is 61.3 Å². The van der Waals surface area contributed by atoms with Crippen molar-refractivity contribution < 1.29 is 4.57 Å². The third-order valence-corrected chi connectivity index (χ3v) is 1.64. The number of hydrogen-bond acceptors (Lipinski definition) is 1. The second-order valence-electron chi connectivity index (χ2n) is 2.70. The van der Waals surface area contributed by atoms with E-state index in [1.165, 1.54) is 0 Å². The fraction of sp³-hybridized carbons (Fsp3) is 0.375. The summed E-state index contributed by atoms with van der Waals surface area (Å²) < 4.78 is 2.01. The van der Waals surface area contributed by atoms with Gasteiger partial charge in [0.15, 0.2) is 12.4 Å². The second kappa shape index (κ2) is 2.29. The summed E-state index contributed by atoms with van der Waals surface area (Å²) in [5, 5.41) is 0. The highest BCUT2D eigenvalue weighted by atomic mass is 14.9. The molecule has 0 saturated carbocycles. The van der Waals surface area contributed by atoms with E-state index in [0.717, 1.165) is 16.8 Å². The van der Waals surface area contributed by atoms with Crippen molar-refractivity contribution in [1.82, 2.24) is 0 Å². The molecule has 2 heteroatoms. The number of pyridine rings is 1. The lowest BCUT2D eigenvalue weighted by Gasteiger charge is -1.99. The van der Waals surface area contributed by atoms with Crippen molar-refractivity contribution in [1.29, 1.82) is 0 Å². The van der Waals surface area contributed by atoms with E-state index in [-0.39, 0.29) is 0 Å². The molecule has 0 aromatic carbocycles. The zero-order valence-electron chi connectivity index (χ0n) is 6.68. The molecule has 0 radical (unpaired) electrons. The SMILES string of the molecule is Cc1c[n+](C)cc(C)c1N. The molecule has 0 aliphatic carbocycles. The maximum atomic E-state index is 5.74. The van der Waals surface area contributed by atoms with Crippen LogP contribution in [-0.4, -0.2) is 0 Å². The molecular formula is C8H13N2+. The Kier molecular flexibility index (Phi) is 1.62. The van der Waals surface area contributed by atoms with Crippen molar-refractivity contribution >= 4 is 5.69 Å². The molecule has 1 aromatic rings.